The van der Waals surface area contributed by atoms with Gasteiger partial charge in [-0.15, -0.1) is 0 Å². The van der Waals surface area contributed by atoms with E-state index in [1.165, 1.54) is 6.07 Å². The number of benzene rings is 1. The molecule has 1 unspecified atom stereocenters. The Morgan fingerprint density at radius 1 is 1.11 bits per heavy atom. The number of hydrogen-bond acceptors (Lipinski definition) is 2. The van der Waals surface area contributed by atoms with Crippen LogP contribution in [0.3, 0.4) is 0 Å². The third-order valence-corrected chi connectivity index (χ3v) is 3.07. The number of aryl methyl sites for hydroxylation is 1. The fraction of sp³-hybridized carbons (Fsp3) is 0.267. The monoisotopic (exact) mass is 262 g/mol. The Kier molecular flexibility index (Phi) is 4.58. The summed E-state index contributed by atoms with van der Waals surface area (Å²) in [5.41, 5.74) is 7.45. The van der Waals surface area contributed by atoms with Gasteiger partial charge in [-0.2, -0.15) is 0 Å². The van der Waals surface area contributed by atoms with Crippen LogP contribution in [0.5, 0.6) is 0 Å². The van der Waals surface area contributed by atoms with E-state index in [9.17, 15) is 8.78 Å². The van der Waals surface area contributed by atoms with Crippen LogP contribution >= 0.6 is 0 Å². The fourth-order valence-electron chi connectivity index (χ4n) is 1.99. The van der Waals surface area contributed by atoms with E-state index in [0.29, 0.717) is 12.0 Å². The zero-order chi connectivity index (χ0) is 13.7. The molecule has 0 aliphatic rings. The van der Waals surface area contributed by atoms with Crippen molar-refractivity contribution in [1.29, 1.82) is 0 Å². The molecule has 0 bridgehead atoms. The van der Waals surface area contributed by atoms with Crippen LogP contribution in [0.15, 0.2) is 42.7 Å². The first-order valence-electron chi connectivity index (χ1n) is 6.24. The van der Waals surface area contributed by atoms with Crippen molar-refractivity contribution in [3.8, 4) is 0 Å². The highest BCUT2D eigenvalue weighted by Gasteiger charge is 2.11. The maximum Gasteiger partial charge on any atom is 0.162 e. The number of nitrogens with two attached hydrogens (primary N) is 1. The van der Waals surface area contributed by atoms with Gasteiger partial charge in [0.1, 0.15) is 0 Å². The van der Waals surface area contributed by atoms with Crippen molar-refractivity contribution >= 4 is 0 Å². The molecule has 1 heterocycles. The first-order valence-corrected chi connectivity index (χ1v) is 6.24. The first kappa shape index (κ1) is 13.6. The molecular weight excluding hydrogens is 246 g/mol. The van der Waals surface area contributed by atoms with Gasteiger partial charge >= 0.3 is 0 Å². The molecule has 0 fully saturated rings. The molecule has 100 valence electrons. The minimum atomic E-state index is -0.821. The van der Waals surface area contributed by atoms with Crippen molar-refractivity contribution in [2.45, 2.75) is 25.3 Å². The molecule has 0 spiro atoms. The van der Waals surface area contributed by atoms with Crippen molar-refractivity contribution in [3.63, 3.8) is 0 Å². The number of nitrogens with zero attached hydrogens (tertiary/aromatic N) is 1. The summed E-state index contributed by atoms with van der Waals surface area (Å²) in [5.74, 6) is -1.61. The van der Waals surface area contributed by atoms with Crippen molar-refractivity contribution in [2.75, 3.05) is 0 Å². The molecule has 1 aromatic carbocycles. The number of hydrogen-bond donors (Lipinski definition) is 1. The van der Waals surface area contributed by atoms with E-state index in [0.717, 1.165) is 24.5 Å². The van der Waals surface area contributed by atoms with Gasteiger partial charge in [0.25, 0.3) is 0 Å². The maximum atomic E-state index is 13.5. The van der Waals surface area contributed by atoms with Gasteiger partial charge in [-0.1, -0.05) is 12.1 Å². The Bertz CT molecular complexity index is 529. The highest BCUT2D eigenvalue weighted by atomic mass is 19.2. The summed E-state index contributed by atoms with van der Waals surface area (Å²) in [7, 11) is 0. The molecule has 2 N–H and O–H groups in total. The average Bonchev–Trinajstić information content (AvgIpc) is 2.43. The van der Waals surface area contributed by atoms with Crippen LogP contribution in [0.1, 0.15) is 17.5 Å². The van der Waals surface area contributed by atoms with E-state index in [1.807, 2.05) is 12.1 Å². The summed E-state index contributed by atoms with van der Waals surface area (Å²) in [6.07, 6.45) is 5.33. The topological polar surface area (TPSA) is 38.9 Å². The van der Waals surface area contributed by atoms with Crippen molar-refractivity contribution in [1.82, 2.24) is 4.98 Å². The standard InChI is InChI=1S/C15H16F2N2/c16-14-3-1-2-12(15(14)17)10-13(18)5-4-11-6-8-19-9-7-11/h1-3,6-9,13H,4-5,10,18H2. The highest BCUT2D eigenvalue weighted by Crippen LogP contribution is 2.14. The lowest BCUT2D eigenvalue weighted by molar-refractivity contribution is 0.490. The maximum absolute atomic E-state index is 13.5. The summed E-state index contributed by atoms with van der Waals surface area (Å²) < 4.78 is 26.5. The molecule has 4 heteroatoms. The van der Waals surface area contributed by atoms with Crippen LogP contribution < -0.4 is 5.73 Å². The molecule has 0 saturated heterocycles. The Morgan fingerprint density at radius 2 is 1.84 bits per heavy atom. The Balaban J connectivity index is 1.91. The van der Waals surface area contributed by atoms with Crippen molar-refractivity contribution in [2.24, 2.45) is 5.73 Å². The van der Waals surface area contributed by atoms with E-state index in [1.54, 1.807) is 18.5 Å². The molecule has 2 rings (SSSR count). The predicted octanol–water partition coefficient (Wildman–Crippen LogP) is 2.86. The zero-order valence-electron chi connectivity index (χ0n) is 10.5. The largest absolute Gasteiger partial charge is 0.327 e. The van der Waals surface area contributed by atoms with E-state index in [2.05, 4.69) is 4.98 Å². The quantitative estimate of drug-likeness (QED) is 0.900. The Labute approximate surface area is 111 Å². The molecule has 0 amide bonds. The van der Waals surface area contributed by atoms with E-state index in [4.69, 9.17) is 5.73 Å². The van der Waals surface area contributed by atoms with Crippen LogP contribution in [0.25, 0.3) is 0 Å². The second-order valence-electron chi connectivity index (χ2n) is 4.57. The number of aromatic nitrogens is 1. The molecule has 19 heavy (non-hydrogen) atoms. The third-order valence-electron chi connectivity index (χ3n) is 3.07. The van der Waals surface area contributed by atoms with Gasteiger partial charge < -0.3 is 5.73 Å². The minimum absolute atomic E-state index is 0.190. The molecule has 1 atom stereocenters. The number of halogens is 2. The van der Waals surface area contributed by atoms with Crippen LogP contribution in [0.4, 0.5) is 8.78 Å². The van der Waals surface area contributed by atoms with Crippen molar-refractivity contribution < 1.29 is 8.78 Å². The first-order chi connectivity index (χ1) is 9.16. The van der Waals surface area contributed by atoms with Crippen molar-refractivity contribution in [3.05, 3.63) is 65.5 Å². The highest BCUT2D eigenvalue weighted by molar-refractivity contribution is 5.20. The van der Waals surface area contributed by atoms with Gasteiger partial charge in [0.15, 0.2) is 11.6 Å². The second kappa shape index (κ2) is 6.38. The van der Waals surface area contributed by atoms with Gasteiger partial charge in [0.2, 0.25) is 0 Å². The smallest absolute Gasteiger partial charge is 0.162 e. The summed E-state index contributed by atoms with van der Waals surface area (Å²) in [5, 5.41) is 0. The molecule has 2 nitrogen and oxygen atoms in total. The van der Waals surface area contributed by atoms with Crippen LogP contribution in [-0.4, -0.2) is 11.0 Å². The van der Waals surface area contributed by atoms with Gasteiger partial charge in [-0.3, -0.25) is 4.98 Å². The van der Waals surface area contributed by atoms with Gasteiger partial charge in [0, 0.05) is 18.4 Å². The number of pyridine rings is 1. The van der Waals surface area contributed by atoms with Crippen LogP contribution in [0, 0.1) is 11.6 Å². The van der Waals surface area contributed by atoms with Gasteiger partial charge in [-0.25, -0.2) is 8.78 Å². The molecule has 1 aromatic heterocycles. The summed E-state index contributed by atoms with van der Waals surface area (Å²) in [6, 6.07) is 7.85. The number of rotatable bonds is 5. The predicted molar refractivity (Wildman–Crippen MR) is 70.6 cm³/mol. The Morgan fingerprint density at radius 3 is 2.58 bits per heavy atom. The van der Waals surface area contributed by atoms with Gasteiger partial charge in [-0.05, 0) is 48.6 Å². The summed E-state index contributed by atoms with van der Waals surface area (Å²) >= 11 is 0. The molecular formula is C15H16F2N2. The average molecular weight is 262 g/mol. The lowest BCUT2D eigenvalue weighted by atomic mass is 10.00. The van der Waals surface area contributed by atoms with E-state index >= 15 is 0 Å². The third kappa shape index (κ3) is 3.83. The molecule has 2 aromatic rings. The molecule has 0 radical (unpaired) electrons. The van der Waals surface area contributed by atoms with Crippen LogP contribution in [-0.2, 0) is 12.8 Å². The Hall–Kier alpha value is -1.81. The lowest BCUT2D eigenvalue weighted by Gasteiger charge is -2.12. The van der Waals surface area contributed by atoms with E-state index < -0.39 is 11.6 Å². The minimum Gasteiger partial charge on any atom is -0.327 e. The molecule has 0 aliphatic carbocycles. The fourth-order valence-corrected chi connectivity index (χ4v) is 1.99. The zero-order valence-corrected chi connectivity index (χ0v) is 10.5. The molecule has 0 saturated carbocycles. The normalized spacial score (nSPS) is 12.4. The molecule has 0 aliphatic heterocycles. The second-order valence-corrected chi connectivity index (χ2v) is 4.57. The van der Waals surface area contributed by atoms with Gasteiger partial charge in [0.05, 0.1) is 0 Å². The lowest BCUT2D eigenvalue weighted by Crippen LogP contribution is -2.24. The summed E-state index contributed by atoms with van der Waals surface area (Å²) in [4.78, 5) is 3.94. The summed E-state index contributed by atoms with van der Waals surface area (Å²) in [6.45, 7) is 0. The van der Waals surface area contributed by atoms with E-state index in [-0.39, 0.29) is 6.04 Å². The van der Waals surface area contributed by atoms with Crippen LogP contribution in [0.2, 0.25) is 0 Å². The SMILES string of the molecule is NC(CCc1ccncc1)Cc1cccc(F)c1F.